The Morgan fingerprint density at radius 3 is 2.62 bits per heavy atom. The largest absolute Gasteiger partial charge is 0.375 e. The Morgan fingerprint density at radius 2 is 2.08 bits per heavy atom. The van der Waals surface area contributed by atoms with Crippen LogP contribution < -0.4 is 10.6 Å². The average Bonchev–Trinajstić information content (AvgIpc) is 2.55. The van der Waals surface area contributed by atoms with Crippen LogP contribution in [0.4, 0.5) is 0 Å². The van der Waals surface area contributed by atoms with E-state index in [0.29, 0.717) is 18.1 Å². The zero-order valence-corrected chi connectivity index (χ0v) is 15.4. The summed E-state index contributed by atoms with van der Waals surface area (Å²) in [4.78, 5) is 12.7. The lowest BCUT2D eigenvalue weighted by Gasteiger charge is -2.34. The SMILES string of the molecule is COC(CNC(=O)C1(S(C)(=O)=O)CCNCC1)c1cccc(Cl)c1. The number of ether oxygens (including phenoxy) is 1. The number of piperidine rings is 1. The van der Waals surface area contributed by atoms with Crippen LogP contribution in [0.25, 0.3) is 0 Å². The first-order chi connectivity index (χ1) is 11.3. The number of rotatable bonds is 6. The molecule has 0 bridgehead atoms. The maximum Gasteiger partial charge on any atom is 0.241 e. The van der Waals surface area contributed by atoms with Crippen molar-refractivity contribution in [2.45, 2.75) is 23.7 Å². The molecule has 2 N–H and O–H groups in total. The molecule has 1 atom stereocenters. The van der Waals surface area contributed by atoms with Gasteiger partial charge in [-0.25, -0.2) is 8.42 Å². The molecule has 1 aliphatic heterocycles. The van der Waals surface area contributed by atoms with E-state index in [-0.39, 0.29) is 19.4 Å². The van der Waals surface area contributed by atoms with Gasteiger partial charge in [0.2, 0.25) is 5.91 Å². The summed E-state index contributed by atoms with van der Waals surface area (Å²) in [6, 6.07) is 7.17. The van der Waals surface area contributed by atoms with Gasteiger partial charge in [0.05, 0.1) is 6.10 Å². The molecule has 0 aromatic heterocycles. The highest BCUT2D eigenvalue weighted by atomic mass is 35.5. The van der Waals surface area contributed by atoms with Gasteiger partial charge in [-0.1, -0.05) is 23.7 Å². The van der Waals surface area contributed by atoms with Crippen LogP contribution in [0.3, 0.4) is 0 Å². The zero-order valence-electron chi connectivity index (χ0n) is 13.8. The molecule has 134 valence electrons. The number of carbonyl (C=O) groups excluding carboxylic acids is 1. The molecule has 6 nitrogen and oxygen atoms in total. The molecular weight excluding hydrogens is 352 g/mol. The summed E-state index contributed by atoms with van der Waals surface area (Å²) >= 11 is 5.98. The molecule has 2 rings (SSSR count). The maximum absolute atomic E-state index is 12.7. The summed E-state index contributed by atoms with van der Waals surface area (Å²) in [6.07, 6.45) is 1.27. The van der Waals surface area contributed by atoms with E-state index in [1.54, 1.807) is 18.2 Å². The van der Waals surface area contributed by atoms with Gasteiger partial charge < -0.3 is 15.4 Å². The molecule has 1 amide bonds. The number of benzene rings is 1. The summed E-state index contributed by atoms with van der Waals surface area (Å²) in [5.74, 6) is -0.462. The highest BCUT2D eigenvalue weighted by Crippen LogP contribution is 2.28. The number of nitrogens with one attached hydrogen (secondary N) is 2. The van der Waals surface area contributed by atoms with Gasteiger partial charge in [0, 0.05) is 24.9 Å². The van der Waals surface area contributed by atoms with Gasteiger partial charge in [-0.05, 0) is 43.6 Å². The van der Waals surface area contributed by atoms with E-state index < -0.39 is 26.6 Å². The molecule has 1 fully saturated rings. The van der Waals surface area contributed by atoms with E-state index in [2.05, 4.69) is 10.6 Å². The summed E-state index contributed by atoms with van der Waals surface area (Å²) in [7, 11) is -1.99. The Hall–Kier alpha value is -1.15. The first kappa shape index (κ1) is 19.2. The van der Waals surface area contributed by atoms with Gasteiger partial charge >= 0.3 is 0 Å². The zero-order chi connectivity index (χ0) is 17.8. The van der Waals surface area contributed by atoms with Crippen molar-refractivity contribution < 1.29 is 17.9 Å². The van der Waals surface area contributed by atoms with Crippen LogP contribution in [0.2, 0.25) is 5.02 Å². The number of halogens is 1. The second-order valence-corrected chi connectivity index (χ2v) is 8.77. The Bertz CT molecular complexity index is 687. The number of carbonyl (C=O) groups is 1. The fourth-order valence-electron chi connectivity index (χ4n) is 2.99. The smallest absolute Gasteiger partial charge is 0.241 e. The number of hydrogen-bond donors (Lipinski definition) is 2. The molecular formula is C16H23ClN2O4S. The molecule has 1 heterocycles. The lowest BCUT2D eigenvalue weighted by atomic mass is 9.95. The molecule has 1 aromatic carbocycles. The van der Waals surface area contributed by atoms with E-state index in [4.69, 9.17) is 16.3 Å². The monoisotopic (exact) mass is 374 g/mol. The molecule has 1 aromatic rings. The minimum Gasteiger partial charge on any atom is -0.375 e. The first-order valence-corrected chi connectivity index (χ1v) is 10.0. The topological polar surface area (TPSA) is 84.5 Å². The Balaban J connectivity index is 2.12. The molecule has 1 saturated heterocycles. The van der Waals surface area contributed by atoms with Crippen LogP contribution in [0, 0.1) is 0 Å². The van der Waals surface area contributed by atoms with Gasteiger partial charge in [0.25, 0.3) is 0 Å². The molecule has 0 aliphatic carbocycles. The standard InChI is InChI=1S/C16H23ClN2O4S/c1-23-14(12-4-3-5-13(17)10-12)11-19-15(20)16(24(2,21)22)6-8-18-9-7-16/h3-5,10,14,18H,6-9,11H2,1-2H3,(H,19,20). The third kappa shape index (κ3) is 4.08. The van der Waals surface area contributed by atoms with E-state index in [0.717, 1.165) is 11.8 Å². The molecule has 0 saturated carbocycles. The third-order valence-corrected chi connectivity index (χ3v) is 6.74. The molecule has 0 spiro atoms. The Kier molecular flexibility index (Phi) is 6.25. The molecule has 1 unspecified atom stereocenters. The van der Waals surface area contributed by atoms with Crippen molar-refractivity contribution in [3.8, 4) is 0 Å². The minimum atomic E-state index is -3.53. The maximum atomic E-state index is 12.7. The van der Waals surface area contributed by atoms with Gasteiger partial charge in [0.1, 0.15) is 0 Å². The first-order valence-electron chi connectivity index (χ1n) is 7.77. The summed E-state index contributed by atoms with van der Waals surface area (Å²) in [5.41, 5.74) is 0.823. The average molecular weight is 375 g/mol. The molecule has 0 radical (unpaired) electrons. The fraction of sp³-hybridized carbons (Fsp3) is 0.562. The summed E-state index contributed by atoms with van der Waals surface area (Å²) < 4.78 is 28.5. The van der Waals surface area contributed by atoms with E-state index in [1.165, 1.54) is 7.11 Å². The van der Waals surface area contributed by atoms with Gasteiger partial charge in [-0.2, -0.15) is 0 Å². The van der Waals surface area contributed by atoms with Crippen molar-refractivity contribution in [2.24, 2.45) is 0 Å². The number of hydrogen-bond acceptors (Lipinski definition) is 5. The van der Waals surface area contributed by atoms with E-state index >= 15 is 0 Å². The fourth-order valence-corrected chi connectivity index (χ4v) is 4.54. The second kappa shape index (κ2) is 7.82. The Morgan fingerprint density at radius 1 is 1.42 bits per heavy atom. The van der Waals surface area contributed by atoms with Crippen molar-refractivity contribution >= 4 is 27.3 Å². The van der Waals surface area contributed by atoms with Crippen molar-refractivity contribution in [1.82, 2.24) is 10.6 Å². The lowest BCUT2D eigenvalue weighted by molar-refractivity contribution is -0.124. The van der Waals surface area contributed by atoms with Crippen molar-refractivity contribution in [3.63, 3.8) is 0 Å². The van der Waals surface area contributed by atoms with Crippen LogP contribution in [-0.4, -0.2) is 52.1 Å². The predicted molar refractivity (Wildman–Crippen MR) is 93.9 cm³/mol. The molecule has 8 heteroatoms. The minimum absolute atomic E-state index is 0.181. The van der Waals surface area contributed by atoms with E-state index in [1.807, 2.05) is 6.07 Å². The molecule has 24 heavy (non-hydrogen) atoms. The van der Waals surface area contributed by atoms with Gasteiger partial charge in [0.15, 0.2) is 14.6 Å². The van der Waals surface area contributed by atoms with Gasteiger partial charge in [-0.3, -0.25) is 4.79 Å². The quantitative estimate of drug-likeness (QED) is 0.784. The highest BCUT2D eigenvalue weighted by Gasteiger charge is 2.48. The second-order valence-electron chi connectivity index (χ2n) is 6.01. The van der Waals surface area contributed by atoms with Crippen molar-refractivity contribution in [2.75, 3.05) is 33.0 Å². The highest BCUT2D eigenvalue weighted by molar-refractivity contribution is 7.92. The van der Waals surface area contributed by atoms with Crippen LogP contribution in [0.5, 0.6) is 0 Å². The van der Waals surface area contributed by atoms with Crippen LogP contribution >= 0.6 is 11.6 Å². The number of methoxy groups -OCH3 is 1. The van der Waals surface area contributed by atoms with Crippen molar-refractivity contribution in [1.29, 1.82) is 0 Å². The van der Waals surface area contributed by atoms with Crippen LogP contribution in [-0.2, 0) is 19.4 Å². The summed E-state index contributed by atoms with van der Waals surface area (Å²) in [5, 5.41) is 6.42. The van der Waals surface area contributed by atoms with Crippen LogP contribution in [0.15, 0.2) is 24.3 Å². The third-order valence-electron chi connectivity index (χ3n) is 4.49. The predicted octanol–water partition coefficient (Wildman–Crippen LogP) is 1.31. The number of amides is 1. The van der Waals surface area contributed by atoms with Crippen LogP contribution in [0.1, 0.15) is 24.5 Å². The van der Waals surface area contributed by atoms with Crippen molar-refractivity contribution in [3.05, 3.63) is 34.9 Å². The normalized spacial score (nSPS) is 18.8. The summed E-state index contributed by atoms with van der Waals surface area (Å²) in [6.45, 7) is 1.19. The molecule has 1 aliphatic rings. The van der Waals surface area contributed by atoms with Gasteiger partial charge in [-0.15, -0.1) is 0 Å². The number of sulfone groups is 1. The lowest BCUT2D eigenvalue weighted by Crippen LogP contribution is -2.57. The van der Waals surface area contributed by atoms with E-state index in [9.17, 15) is 13.2 Å². The Labute approximate surface area is 147 Å².